The van der Waals surface area contributed by atoms with Crippen LogP contribution < -0.4 is 4.72 Å². The number of hydrogen-bond donors (Lipinski definition) is 1. The summed E-state index contributed by atoms with van der Waals surface area (Å²) in [5.41, 5.74) is 3.15. The number of ether oxygens (including phenoxy) is 1. The number of hydrogen-bond acceptors (Lipinski definition) is 4. The van der Waals surface area contributed by atoms with Gasteiger partial charge in [-0.3, -0.25) is 4.90 Å². The van der Waals surface area contributed by atoms with E-state index in [1.807, 2.05) is 49.9 Å². The van der Waals surface area contributed by atoms with Gasteiger partial charge >= 0.3 is 0 Å². The molecule has 1 saturated heterocycles. The second-order valence-corrected chi connectivity index (χ2v) is 8.57. The van der Waals surface area contributed by atoms with Crippen molar-refractivity contribution in [2.24, 2.45) is 7.05 Å². The van der Waals surface area contributed by atoms with Gasteiger partial charge in [-0.05, 0) is 49.2 Å². The summed E-state index contributed by atoms with van der Waals surface area (Å²) < 4.78 is 35.9. The minimum Gasteiger partial charge on any atom is -0.379 e. The first-order valence-electron chi connectivity index (χ1n) is 8.88. The molecule has 7 heteroatoms. The monoisotopic (exact) mass is 377 g/mol. The van der Waals surface area contributed by atoms with Crippen molar-refractivity contribution in [3.63, 3.8) is 0 Å². The first kappa shape index (κ1) is 19.1. The van der Waals surface area contributed by atoms with Crippen molar-refractivity contribution < 1.29 is 13.2 Å². The standard InChI is InChI=1S/C19H27N3O3S/c1-15-6-7-17(13-16(15)2)26(23,24)20-14-19(18-5-4-8-21(18)3)22-9-11-25-12-10-22/h4-8,13,19-20H,9-12,14H2,1-3H3/t19-/m1/s1. The molecule has 0 radical (unpaired) electrons. The Morgan fingerprint density at radius 1 is 1.15 bits per heavy atom. The van der Waals surface area contributed by atoms with Crippen molar-refractivity contribution >= 4 is 10.0 Å². The summed E-state index contributed by atoms with van der Waals surface area (Å²) in [7, 11) is -1.57. The van der Waals surface area contributed by atoms with Crippen molar-refractivity contribution in [2.75, 3.05) is 32.8 Å². The normalized spacial score (nSPS) is 17.3. The van der Waals surface area contributed by atoms with Gasteiger partial charge in [-0.2, -0.15) is 0 Å². The van der Waals surface area contributed by atoms with Crippen LogP contribution in [-0.4, -0.2) is 50.7 Å². The lowest BCUT2D eigenvalue weighted by molar-refractivity contribution is 0.0158. The van der Waals surface area contributed by atoms with Gasteiger partial charge in [0, 0.05) is 38.6 Å². The van der Waals surface area contributed by atoms with Crippen molar-refractivity contribution in [1.29, 1.82) is 0 Å². The molecule has 2 heterocycles. The van der Waals surface area contributed by atoms with Crippen molar-refractivity contribution in [3.8, 4) is 0 Å². The zero-order valence-electron chi connectivity index (χ0n) is 15.6. The second kappa shape index (κ2) is 7.92. The first-order valence-corrected chi connectivity index (χ1v) is 10.4. The maximum atomic E-state index is 12.8. The van der Waals surface area contributed by atoms with Crippen LogP contribution in [-0.2, 0) is 21.8 Å². The summed E-state index contributed by atoms with van der Waals surface area (Å²) in [4.78, 5) is 2.59. The third-order valence-corrected chi connectivity index (χ3v) is 6.49. The molecular weight excluding hydrogens is 350 g/mol. The van der Waals surface area contributed by atoms with Gasteiger partial charge in [0.1, 0.15) is 0 Å². The fraction of sp³-hybridized carbons (Fsp3) is 0.474. The minimum atomic E-state index is -3.55. The summed E-state index contributed by atoms with van der Waals surface area (Å²) in [5, 5.41) is 0. The lowest BCUT2D eigenvalue weighted by Crippen LogP contribution is -2.44. The van der Waals surface area contributed by atoms with E-state index in [9.17, 15) is 8.42 Å². The molecule has 1 atom stereocenters. The van der Waals surface area contributed by atoms with Gasteiger partial charge in [-0.25, -0.2) is 13.1 Å². The van der Waals surface area contributed by atoms with Crippen LogP contribution in [0.1, 0.15) is 22.9 Å². The van der Waals surface area contributed by atoms with Crippen LogP contribution in [0.15, 0.2) is 41.4 Å². The van der Waals surface area contributed by atoms with E-state index in [1.165, 1.54) is 0 Å². The van der Waals surface area contributed by atoms with Gasteiger partial charge in [0.2, 0.25) is 10.0 Å². The van der Waals surface area contributed by atoms with Crippen molar-refractivity contribution in [3.05, 3.63) is 53.3 Å². The van der Waals surface area contributed by atoms with Crippen LogP contribution >= 0.6 is 0 Å². The fourth-order valence-corrected chi connectivity index (χ4v) is 4.41. The second-order valence-electron chi connectivity index (χ2n) is 6.81. The van der Waals surface area contributed by atoms with Crippen LogP contribution in [0.4, 0.5) is 0 Å². The van der Waals surface area contributed by atoms with Crippen LogP contribution in [0.5, 0.6) is 0 Å². The maximum absolute atomic E-state index is 12.8. The van der Waals surface area contributed by atoms with Gasteiger partial charge in [0.05, 0.1) is 24.2 Å². The Bertz CT molecular complexity index is 855. The van der Waals surface area contributed by atoms with Gasteiger partial charge in [-0.1, -0.05) is 6.07 Å². The van der Waals surface area contributed by atoms with Gasteiger partial charge < -0.3 is 9.30 Å². The number of sulfonamides is 1. The van der Waals surface area contributed by atoms with E-state index < -0.39 is 10.0 Å². The van der Waals surface area contributed by atoms with E-state index in [2.05, 4.69) is 9.62 Å². The molecule has 1 aromatic heterocycles. The predicted octanol–water partition coefficient (Wildman–Crippen LogP) is 1.99. The van der Waals surface area contributed by atoms with Gasteiger partial charge in [0.25, 0.3) is 0 Å². The molecule has 3 rings (SSSR count). The molecule has 26 heavy (non-hydrogen) atoms. The molecule has 142 valence electrons. The molecule has 1 aliphatic heterocycles. The van der Waals surface area contributed by atoms with E-state index >= 15 is 0 Å². The number of nitrogens with one attached hydrogen (secondary N) is 1. The molecule has 0 unspecified atom stereocenters. The predicted molar refractivity (Wildman–Crippen MR) is 102 cm³/mol. The zero-order valence-corrected chi connectivity index (χ0v) is 16.4. The topological polar surface area (TPSA) is 63.6 Å². The Morgan fingerprint density at radius 3 is 2.50 bits per heavy atom. The highest BCUT2D eigenvalue weighted by molar-refractivity contribution is 7.89. The number of rotatable bonds is 6. The smallest absolute Gasteiger partial charge is 0.240 e. The van der Waals surface area contributed by atoms with Crippen LogP contribution in [0.25, 0.3) is 0 Å². The van der Waals surface area contributed by atoms with Crippen molar-refractivity contribution in [2.45, 2.75) is 24.8 Å². The molecule has 1 fully saturated rings. The van der Waals surface area contributed by atoms with E-state index in [0.717, 1.165) is 29.9 Å². The van der Waals surface area contributed by atoms with Crippen LogP contribution in [0.3, 0.4) is 0 Å². The number of aryl methyl sites for hydroxylation is 3. The maximum Gasteiger partial charge on any atom is 0.240 e. The average Bonchev–Trinajstić information content (AvgIpc) is 3.04. The molecule has 6 nitrogen and oxygen atoms in total. The summed E-state index contributed by atoms with van der Waals surface area (Å²) in [6.45, 7) is 7.16. The van der Waals surface area contributed by atoms with E-state index in [-0.39, 0.29) is 6.04 Å². The van der Waals surface area contributed by atoms with E-state index in [0.29, 0.717) is 24.7 Å². The van der Waals surface area contributed by atoms with Gasteiger partial charge in [-0.15, -0.1) is 0 Å². The number of nitrogens with zero attached hydrogens (tertiary/aromatic N) is 2. The third-order valence-electron chi connectivity index (χ3n) is 5.07. The van der Waals surface area contributed by atoms with E-state index in [1.54, 1.807) is 12.1 Å². The molecule has 0 amide bonds. The number of benzene rings is 1. The Kier molecular flexibility index (Phi) is 5.82. The SMILES string of the molecule is Cc1ccc(S(=O)(=O)NC[C@H](c2cccn2C)N2CCOCC2)cc1C. The van der Waals surface area contributed by atoms with Crippen molar-refractivity contribution in [1.82, 2.24) is 14.2 Å². The molecule has 0 spiro atoms. The first-order chi connectivity index (χ1) is 12.4. The quantitative estimate of drug-likeness (QED) is 0.836. The summed E-state index contributed by atoms with van der Waals surface area (Å²) in [6, 6.07) is 9.24. The zero-order chi connectivity index (χ0) is 18.7. The lowest BCUT2D eigenvalue weighted by Gasteiger charge is -2.34. The lowest BCUT2D eigenvalue weighted by atomic mass is 10.1. The molecule has 1 aromatic carbocycles. The third kappa shape index (κ3) is 4.17. The Balaban J connectivity index is 1.80. The molecular formula is C19H27N3O3S. The summed E-state index contributed by atoms with van der Waals surface area (Å²) >= 11 is 0. The van der Waals surface area contributed by atoms with Crippen LogP contribution in [0, 0.1) is 13.8 Å². The van der Waals surface area contributed by atoms with Crippen LogP contribution in [0.2, 0.25) is 0 Å². The molecule has 0 bridgehead atoms. The van der Waals surface area contributed by atoms with E-state index in [4.69, 9.17) is 4.74 Å². The highest BCUT2D eigenvalue weighted by Crippen LogP contribution is 2.22. The number of aromatic nitrogens is 1. The largest absolute Gasteiger partial charge is 0.379 e. The summed E-state index contributed by atoms with van der Waals surface area (Å²) in [6.07, 6.45) is 1.99. The Hall–Kier alpha value is -1.67. The summed E-state index contributed by atoms with van der Waals surface area (Å²) in [5.74, 6) is 0. The number of morpholine rings is 1. The Morgan fingerprint density at radius 2 is 1.88 bits per heavy atom. The molecule has 2 aromatic rings. The molecule has 1 N–H and O–H groups in total. The molecule has 0 aliphatic carbocycles. The molecule has 1 aliphatic rings. The van der Waals surface area contributed by atoms with Gasteiger partial charge in [0.15, 0.2) is 0 Å². The average molecular weight is 378 g/mol. The highest BCUT2D eigenvalue weighted by atomic mass is 32.2. The Labute approximate surface area is 155 Å². The minimum absolute atomic E-state index is 0.0276. The highest BCUT2D eigenvalue weighted by Gasteiger charge is 2.26. The fourth-order valence-electron chi connectivity index (χ4n) is 3.28. The molecule has 0 saturated carbocycles.